The summed E-state index contributed by atoms with van der Waals surface area (Å²) in [7, 11) is 1.86. The second-order valence-electron chi connectivity index (χ2n) is 5.78. The molecule has 1 aromatic carbocycles. The first-order chi connectivity index (χ1) is 12.3. The third-order valence-corrected chi connectivity index (χ3v) is 4.90. The van der Waals surface area contributed by atoms with Gasteiger partial charge < -0.3 is 9.88 Å². The number of carbonyl (C=O) groups excluding carboxylic acids is 3. The van der Waals surface area contributed by atoms with Crippen molar-refractivity contribution >= 4 is 40.6 Å². The third-order valence-electron chi connectivity index (χ3n) is 3.99. The predicted octanol–water partition coefficient (Wildman–Crippen LogP) is 3.15. The predicted molar refractivity (Wildman–Crippen MR) is 97.9 cm³/mol. The smallest absolute Gasteiger partial charge is 0.294 e. The molecule has 3 rings (SSSR count). The molecule has 1 aliphatic heterocycles. The maximum absolute atomic E-state index is 12.9. The number of nitrogens with one attached hydrogen (secondary N) is 1. The average molecular weight is 373 g/mol. The second kappa shape index (κ2) is 7.17. The Hall–Kier alpha value is -2.87. The summed E-state index contributed by atoms with van der Waals surface area (Å²) < 4.78 is 14.8. The van der Waals surface area contributed by atoms with Crippen molar-refractivity contribution in [3.05, 3.63) is 58.5 Å². The zero-order valence-electron chi connectivity index (χ0n) is 14.2. The van der Waals surface area contributed by atoms with Crippen molar-refractivity contribution in [3.8, 4) is 0 Å². The average Bonchev–Trinajstić information content (AvgIpc) is 3.05. The van der Waals surface area contributed by atoms with Crippen LogP contribution in [-0.4, -0.2) is 33.1 Å². The van der Waals surface area contributed by atoms with Gasteiger partial charge >= 0.3 is 0 Å². The molecule has 0 spiro atoms. The maximum Gasteiger partial charge on any atom is 0.294 e. The molecule has 1 N–H and O–H groups in total. The van der Waals surface area contributed by atoms with Crippen molar-refractivity contribution in [2.24, 2.45) is 7.05 Å². The SMILES string of the molecule is Cc1ccc(/C=C2\SC(=O)N(CC(=O)Nc3ccc(F)cc3)C2=O)n1C. The summed E-state index contributed by atoms with van der Waals surface area (Å²) in [6.45, 7) is 1.54. The van der Waals surface area contributed by atoms with E-state index in [2.05, 4.69) is 5.32 Å². The van der Waals surface area contributed by atoms with Crippen LogP contribution in [0.25, 0.3) is 6.08 Å². The molecule has 0 aliphatic carbocycles. The van der Waals surface area contributed by atoms with Gasteiger partial charge in [0.2, 0.25) is 5.91 Å². The molecule has 0 bridgehead atoms. The summed E-state index contributed by atoms with van der Waals surface area (Å²) in [4.78, 5) is 37.8. The quantitative estimate of drug-likeness (QED) is 0.836. The molecule has 3 amide bonds. The van der Waals surface area contributed by atoms with E-state index >= 15 is 0 Å². The number of aryl methyl sites for hydroxylation is 1. The van der Waals surface area contributed by atoms with Gasteiger partial charge in [-0.05, 0) is 61.2 Å². The molecule has 0 unspecified atom stereocenters. The number of rotatable bonds is 4. The number of aromatic nitrogens is 1. The van der Waals surface area contributed by atoms with Crippen LogP contribution in [0.1, 0.15) is 11.4 Å². The van der Waals surface area contributed by atoms with E-state index in [1.54, 1.807) is 6.08 Å². The normalized spacial score (nSPS) is 15.8. The number of amides is 3. The molecule has 8 heteroatoms. The van der Waals surface area contributed by atoms with Crippen molar-refractivity contribution in [2.75, 3.05) is 11.9 Å². The van der Waals surface area contributed by atoms with Crippen LogP contribution in [0, 0.1) is 12.7 Å². The number of hydrogen-bond acceptors (Lipinski definition) is 4. The van der Waals surface area contributed by atoms with Crippen LogP contribution < -0.4 is 5.32 Å². The minimum Gasteiger partial charge on any atom is -0.348 e. The first kappa shape index (κ1) is 17.9. The van der Waals surface area contributed by atoms with Crippen LogP contribution in [0.5, 0.6) is 0 Å². The standard InChI is InChI=1S/C18H16FN3O3S/c1-11-3-8-14(21(11)2)9-15-17(24)22(18(25)26-15)10-16(23)20-13-6-4-12(19)5-7-13/h3-9H,10H2,1-2H3,(H,20,23)/b15-9-. The van der Waals surface area contributed by atoms with E-state index in [0.717, 1.165) is 28.0 Å². The molecular weight excluding hydrogens is 357 g/mol. The number of thioether (sulfide) groups is 1. The Bertz CT molecular complexity index is 918. The lowest BCUT2D eigenvalue weighted by atomic mass is 10.3. The van der Waals surface area contributed by atoms with E-state index in [9.17, 15) is 18.8 Å². The van der Waals surface area contributed by atoms with Crippen molar-refractivity contribution < 1.29 is 18.8 Å². The lowest BCUT2D eigenvalue weighted by Crippen LogP contribution is -2.36. The molecular formula is C18H16FN3O3S. The largest absolute Gasteiger partial charge is 0.348 e. The zero-order valence-corrected chi connectivity index (χ0v) is 15.0. The maximum atomic E-state index is 12.9. The monoisotopic (exact) mass is 373 g/mol. The summed E-state index contributed by atoms with van der Waals surface area (Å²) in [5.41, 5.74) is 2.20. The highest BCUT2D eigenvalue weighted by Gasteiger charge is 2.36. The fourth-order valence-corrected chi connectivity index (χ4v) is 3.25. The van der Waals surface area contributed by atoms with Gasteiger partial charge in [0.25, 0.3) is 11.1 Å². The molecule has 1 aliphatic rings. The van der Waals surface area contributed by atoms with Crippen LogP contribution in [0.3, 0.4) is 0 Å². The van der Waals surface area contributed by atoms with Crippen LogP contribution >= 0.6 is 11.8 Å². The second-order valence-corrected chi connectivity index (χ2v) is 6.77. The van der Waals surface area contributed by atoms with Gasteiger partial charge in [-0.2, -0.15) is 0 Å². The first-order valence-electron chi connectivity index (χ1n) is 7.78. The summed E-state index contributed by atoms with van der Waals surface area (Å²) in [6.07, 6.45) is 1.63. The molecule has 0 radical (unpaired) electrons. The number of nitrogens with zero attached hydrogens (tertiary/aromatic N) is 2. The molecule has 0 atom stereocenters. The van der Waals surface area contributed by atoms with E-state index in [0.29, 0.717) is 5.69 Å². The molecule has 134 valence electrons. The van der Waals surface area contributed by atoms with Gasteiger partial charge in [0, 0.05) is 24.1 Å². The number of hydrogen-bond donors (Lipinski definition) is 1. The van der Waals surface area contributed by atoms with Gasteiger partial charge in [-0.15, -0.1) is 0 Å². The minimum absolute atomic E-state index is 0.269. The number of anilines is 1. The highest BCUT2D eigenvalue weighted by atomic mass is 32.2. The van der Waals surface area contributed by atoms with Gasteiger partial charge in [-0.1, -0.05) is 0 Å². The van der Waals surface area contributed by atoms with Crippen molar-refractivity contribution in [1.82, 2.24) is 9.47 Å². The lowest BCUT2D eigenvalue weighted by molar-refractivity contribution is -0.127. The Morgan fingerprint density at radius 3 is 2.50 bits per heavy atom. The first-order valence-corrected chi connectivity index (χ1v) is 8.60. The fraction of sp³-hybridized carbons (Fsp3) is 0.167. The highest BCUT2D eigenvalue weighted by molar-refractivity contribution is 8.18. The summed E-state index contributed by atoms with van der Waals surface area (Å²) in [5, 5.41) is 2.03. The van der Waals surface area contributed by atoms with Crippen LogP contribution in [0.2, 0.25) is 0 Å². The molecule has 1 fully saturated rings. The van der Waals surface area contributed by atoms with Gasteiger partial charge in [0.15, 0.2) is 0 Å². The molecule has 2 aromatic rings. The number of halogens is 1. The zero-order chi connectivity index (χ0) is 18.8. The summed E-state index contributed by atoms with van der Waals surface area (Å²) in [6, 6.07) is 8.98. The Balaban J connectivity index is 1.70. The van der Waals surface area contributed by atoms with Gasteiger partial charge in [-0.25, -0.2) is 4.39 Å². The van der Waals surface area contributed by atoms with Gasteiger partial charge in [-0.3, -0.25) is 19.3 Å². The highest BCUT2D eigenvalue weighted by Crippen LogP contribution is 2.32. The third kappa shape index (κ3) is 3.70. The Morgan fingerprint density at radius 1 is 1.19 bits per heavy atom. The van der Waals surface area contributed by atoms with E-state index in [4.69, 9.17) is 0 Å². The van der Waals surface area contributed by atoms with E-state index in [-0.39, 0.29) is 4.91 Å². The van der Waals surface area contributed by atoms with E-state index in [1.807, 2.05) is 30.7 Å². The van der Waals surface area contributed by atoms with E-state index < -0.39 is 29.4 Å². The molecule has 1 saturated heterocycles. The molecule has 2 heterocycles. The van der Waals surface area contributed by atoms with Crippen LogP contribution in [0.15, 0.2) is 41.3 Å². The van der Waals surface area contributed by atoms with E-state index in [1.165, 1.54) is 24.3 Å². The summed E-state index contributed by atoms with van der Waals surface area (Å²) in [5.74, 6) is -1.46. The number of benzene rings is 1. The number of carbonyl (C=O) groups is 3. The van der Waals surface area contributed by atoms with Crippen LogP contribution in [-0.2, 0) is 16.6 Å². The molecule has 0 saturated carbocycles. The number of imide groups is 1. The minimum atomic E-state index is -0.533. The van der Waals surface area contributed by atoms with Crippen molar-refractivity contribution in [1.29, 1.82) is 0 Å². The Kier molecular flexibility index (Phi) is 4.94. The molecule has 1 aromatic heterocycles. The lowest BCUT2D eigenvalue weighted by Gasteiger charge is -2.12. The molecule has 26 heavy (non-hydrogen) atoms. The van der Waals surface area contributed by atoms with Crippen LogP contribution in [0.4, 0.5) is 14.9 Å². The summed E-state index contributed by atoms with van der Waals surface area (Å²) >= 11 is 0.800. The van der Waals surface area contributed by atoms with Gasteiger partial charge in [0.1, 0.15) is 12.4 Å². The Labute approximate surface area is 153 Å². The fourth-order valence-electron chi connectivity index (χ4n) is 2.43. The van der Waals surface area contributed by atoms with Crippen molar-refractivity contribution in [3.63, 3.8) is 0 Å². The molecule has 6 nitrogen and oxygen atoms in total. The topological polar surface area (TPSA) is 71.4 Å². The Morgan fingerprint density at radius 2 is 1.88 bits per heavy atom. The van der Waals surface area contributed by atoms with Crippen molar-refractivity contribution in [2.45, 2.75) is 6.92 Å². The van der Waals surface area contributed by atoms with Gasteiger partial charge in [0.05, 0.1) is 4.91 Å².